The Labute approximate surface area is 150 Å². The molecule has 1 heterocycles. The summed E-state index contributed by atoms with van der Waals surface area (Å²) in [6.07, 6.45) is 0.835. The van der Waals surface area contributed by atoms with Crippen molar-refractivity contribution in [3.63, 3.8) is 0 Å². The normalized spacial score (nSPS) is 12.7. The standard InChI is InChI=1S/C19H32FN3O2/c1-17(2,3)11-19(7,8)23-14-12(16(24)25-9)10-13(20)15(21-14)22-18(4,5)6/h10H,11H2,1-9H3,(H2,21,22,23). The number of rotatable bonds is 5. The molecular formula is C19H32FN3O2. The van der Waals surface area contributed by atoms with Gasteiger partial charge in [-0.1, -0.05) is 20.8 Å². The van der Waals surface area contributed by atoms with E-state index in [4.69, 9.17) is 4.74 Å². The fraction of sp³-hybridized carbons (Fsp3) is 0.684. The number of hydrogen-bond donors (Lipinski definition) is 2. The number of aromatic nitrogens is 1. The molecule has 0 radical (unpaired) electrons. The molecule has 6 heteroatoms. The lowest BCUT2D eigenvalue weighted by Crippen LogP contribution is -2.37. The van der Waals surface area contributed by atoms with Crippen molar-refractivity contribution < 1.29 is 13.9 Å². The Hall–Kier alpha value is -1.85. The Kier molecular flexibility index (Phi) is 6.09. The van der Waals surface area contributed by atoms with Crippen molar-refractivity contribution in [3.05, 3.63) is 17.4 Å². The summed E-state index contributed by atoms with van der Waals surface area (Å²) in [5, 5.41) is 6.32. The van der Waals surface area contributed by atoms with Crippen molar-refractivity contribution in [1.82, 2.24) is 4.98 Å². The van der Waals surface area contributed by atoms with E-state index in [0.717, 1.165) is 6.42 Å². The van der Waals surface area contributed by atoms with Crippen LogP contribution >= 0.6 is 0 Å². The molecule has 25 heavy (non-hydrogen) atoms. The van der Waals surface area contributed by atoms with Crippen LogP contribution in [-0.4, -0.2) is 29.1 Å². The number of carbonyl (C=O) groups excluding carboxylic acids is 1. The number of ether oxygens (including phenoxy) is 1. The van der Waals surface area contributed by atoms with Gasteiger partial charge in [-0.25, -0.2) is 14.2 Å². The SMILES string of the molecule is COC(=O)c1cc(F)c(NC(C)(C)C)nc1NC(C)(C)CC(C)(C)C. The molecular weight excluding hydrogens is 321 g/mol. The molecule has 1 rings (SSSR count). The maximum absolute atomic E-state index is 14.4. The third-order valence-corrected chi connectivity index (χ3v) is 3.30. The first-order valence-corrected chi connectivity index (χ1v) is 8.49. The van der Waals surface area contributed by atoms with Crippen LogP contribution in [-0.2, 0) is 4.74 Å². The van der Waals surface area contributed by atoms with Crippen LogP contribution in [0.3, 0.4) is 0 Å². The molecule has 1 aromatic heterocycles. The number of nitrogens with one attached hydrogen (secondary N) is 2. The summed E-state index contributed by atoms with van der Waals surface area (Å²) in [5.74, 6) is -0.791. The van der Waals surface area contributed by atoms with Gasteiger partial charge < -0.3 is 15.4 Å². The molecule has 0 fully saturated rings. The minimum Gasteiger partial charge on any atom is -0.465 e. The number of anilines is 2. The van der Waals surface area contributed by atoms with Crippen molar-refractivity contribution in [2.45, 2.75) is 72.9 Å². The predicted octanol–water partition coefficient (Wildman–Crippen LogP) is 4.84. The second kappa shape index (κ2) is 7.18. The molecule has 0 spiro atoms. The van der Waals surface area contributed by atoms with Gasteiger partial charge in [0.1, 0.15) is 11.4 Å². The van der Waals surface area contributed by atoms with E-state index in [0.29, 0.717) is 5.82 Å². The highest BCUT2D eigenvalue weighted by molar-refractivity contribution is 5.95. The van der Waals surface area contributed by atoms with Crippen molar-refractivity contribution >= 4 is 17.6 Å². The average molecular weight is 353 g/mol. The van der Waals surface area contributed by atoms with Crippen LogP contribution in [0.5, 0.6) is 0 Å². The quantitative estimate of drug-likeness (QED) is 0.741. The lowest BCUT2D eigenvalue weighted by atomic mass is 9.82. The van der Waals surface area contributed by atoms with E-state index in [1.165, 1.54) is 13.2 Å². The number of nitrogens with zero attached hydrogens (tertiary/aromatic N) is 1. The average Bonchev–Trinajstić information content (AvgIpc) is 2.36. The highest BCUT2D eigenvalue weighted by Gasteiger charge is 2.29. The van der Waals surface area contributed by atoms with Gasteiger partial charge in [0, 0.05) is 11.1 Å². The van der Waals surface area contributed by atoms with Crippen LogP contribution in [0.15, 0.2) is 6.07 Å². The third-order valence-electron chi connectivity index (χ3n) is 3.30. The summed E-state index contributed by atoms with van der Waals surface area (Å²) in [6.45, 7) is 16.2. The third kappa shape index (κ3) is 6.88. The number of halogens is 1. The van der Waals surface area contributed by atoms with Crippen LogP contribution in [0, 0.1) is 11.2 Å². The van der Waals surface area contributed by atoms with Gasteiger partial charge in [0.05, 0.1) is 7.11 Å². The van der Waals surface area contributed by atoms with Crippen molar-refractivity contribution in [2.24, 2.45) is 5.41 Å². The molecule has 0 bridgehead atoms. The minimum atomic E-state index is -0.622. The number of esters is 1. The van der Waals surface area contributed by atoms with Crippen molar-refractivity contribution in [1.29, 1.82) is 0 Å². The van der Waals surface area contributed by atoms with E-state index in [2.05, 4.69) is 36.4 Å². The summed E-state index contributed by atoms with van der Waals surface area (Å²) in [4.78, 5) is 16.4. The first-order valence-electron chi connectivity index (χ1n) is 8.49. The van der Waals surface area contributed by atoms with Crippen molar-refractivity contribution in [3.8, 4) is 0 Å². The molecule has 2 N–H and O–H groups in total. The lowest BCUT2D eigenvalue weighted by Gasteiger charge is -2.34. The first-order chi connectivity index (χ1) is 11.1. The summed E-state index contributed by atoms with van der Waals surface area (Å²) in [6, 6.07) is 1.17. The van der Waals surface area contributed by atoms with Gasteiger partial charge in [0.25, 0.3) is 0 Å². The monoisotopic (exact) mass is 353 g/mol. The molecule has 0 aliphatic rings. The maximum Gasteiger partial charge on any atom is 0.341 e. The predicted molar refractivity (Wildman–Crippen MR) is 101 cm³/mol. The Morgan fingerprint density at radius 3 is 2.08 bits per heavy atom. The Balaban J connectivity index is 3.33. The van der Waals surface area contributed by atoms with E-state index < -0.39 is 11.8 Å². The largest absolute Gasteiger partial charge is 0.465 e. The van der Waals surface area contributed by atoms with Crippen molar-refractivity contribution in [2.75, 3.05) is 17.7 Å². The van der Waals surface area contributed by atoms with Gasteiger partial charge in [0.2, 0.25) is 0 Å². The maximum atomic E-state index is 14.4. The molecule has 0 saturated heterocycles. The zero-order valence-corrected chi connectivity index (χ0v) is 16.9. The van der Waals surface area contributed by atoms with Gasteiger partial charge >= 0.3 is 5.97 Å². The lowest BCUT2D eigenvalue weighted by molar-refractivity contribution is 0.0601. The Morgan fingerprint density at radius 1 is 1.08 bits per heavy atom. The van der Waals surface area contributed by atoms with Gasteiger partial charge in [-0.05, 0) is 52.5 Å². The van der Waals surface area contributed by atoms with E-state index >= 15 is 0 Å². The number of carbonyl (C=O) groups is 1. The highest BCUT2D eigenvalue weighted by atomic mass is 19.1. The summed E-state index contributed by atoms with van der Waals surface area (Å²) >= 11 is 0. The topological polar surface area (TPSA) is 63.2 Å². The van der Waals surface area contributed by atoms with E-state index in [1.807, 2.05) is 34.6 Å². The molecule has 0 aromatic carbocycles. The molecule has 0 atom stereocenters. The summed E-state index contributed by atoms with van der Waals surface area (Å²) in [7, 11) is 1.27. The van der Waals surface area contributed by atoms with Crippen LogP contribution < -0.4 is 10.6 Å². The Bertz CT molecular complexity index is 629. The van der Waals surface area contributed by atoms with Crippen LogP contribution in [0.2, 0.25) is 0 Å². The van der Waals surface area contributed by atoms with E-state index in [1.54, 1.807) is 0 Å². The zero-order chi connectivity index (χ0) is 19.6. The second-order valence-electron chi connectivity index (χ2n) is 9.33. The molecule has 0 saturated carbocycles. The number of methoxy groups -OCH3 is 1. The van der Waals surface area contributed by atoms with Gasteiger partial charge in [-0.2, -0.15) is 0 Å². The van der Waals surface area contributed by atoms with Crippen LogP contribution in [0.4, 0.5) is 16.0 Å². The summed E-state index contributed by atoms with van der Waals surface area (Å²) in [5.41, 5.74) is -0.542. The fourth-order valence-corrected chi connectivity index (χ4v) is 2.98. The van der Waals surface area contributed by atoms with Gasteiger partial charge in [-0.3, -0.25) is 0 Å². The van der Waals surface area contributed by atoms with E-state index in [-0.39, 0.29) is 27.9 Å². The van der Waals surface area contributed by atoms with Crippen LogP contribution in [0.1, 0.15) is 72.2 Å². The van der Waals surface area contributed by atoms with E-state index in [9.17, 15) is 9.18 Å². The first kappa shape index (κ1) is 21.2. The zero-order valence-electron chi connectivity index (χ0n) is 16.9. The smallest absolute Gasteiger partial charge is 0.341 e. The summed E-state index contributed by atoms with van der Waals surface area (Å²) < 4.78 is 19.2. The number of pyridine rings is 1. The Morgan fingerprint density at radius 2 is 1.64 bits per heavy atom. The minimum absolute atomic E-state index is 0.0778. The van der Waals surface area contributed by atoms with Gasteiger partial charge in [-0.15, -0.1) is 0 Å². The molecule has 5 nitrogen and oxygen atoms in total. The molecule has 0 amide bonds. The highest BCUT2D eigenvalue weighted by Crippen LogP contribution is 2.31. The molecule has 1 aromatic rings. The number of hydrogen-bond acceptors (Lipinski definition) is 5. The molecule has 0 aliphatic carbocycles. The van der Waals surface area contributed by atoms with Gasteiger partial charge in [0.15, 0.2) is 11.6 Å². The van der Waals surface area contributed by atoms with Crippen LogP contribution in [0.25, 0.3) is 0 Å². The molecule has 142 valence electrons. The molecule has 0 unspecified atom stereocenters. The fourth-order valence-electron chi connectivity index (χ4n) is 2.98. The molecule has 0 aliphatic heterocycles. The second-order valence-corrected chi connectivity index (χ2v) is 9.33.